The number of hydrogen-bond donors (Lipinski definition) is 0. The van der Waals surface area contributed by atoms with Crippen molar-refractivity contribution in [3.05, 3.63) is 122 Å². The van der Waals surface area contributed by atoms with E-state index in [1.807, 2.05) is 0 Å². The number of esters is 3. The highest BCUT2D eigenvalue weighted by atomic mass is 16.6. The zero-order valence-corrected chi connectivity index (χ0v) is 48.8. The fourth-order valence-corrected chi connectivity index (χ4v) is 8.38. The molecule has 0 N–H and O–H groups in total. The highest BCUT2D eigenvalue weighted by Gasteiger charge is 2.19. The Hall–Kier alpha value is -4.19. The Morgan fingerprint density at radius 2 is 0.520 bits per heavy atom. The van der Waals surface area contributed by atoms with Crippen LogP contribution < -0.4 is 0 Å². The van der Waals surface area contributed by atoms with Gasteiger partial charge in [-0.05, 0) is 109 Å². The number of hydrogen-bond acceptors (Lipinski definition) is 6. The van der Waals surface area contributed by atoms with E-state index in [1.54, 1.807) is 0 Å². The van der Waals surface area contributed by atoms with E-state index in [9.17, 15) is 14.4 Å². The van der Waals surface area contributed by atoms with Crippen molar-refractivity contribution in [1.29, 1.82) is 0 Å². The van der Waals surface area contributed by atoms with E-state index in [1.165, 1.54) is 103 Å². The molecule has 6 heteroatoms. The summed E-state index contributed by atoms with van der Waals surface area (Å²) >= 11 is 0. The number of rotatable bonds is 55. The third-order valence-corrected chi connectivity index (χ3v) is 13.0. The van der Waals surface area contributed by atoms with Gasteiger partial charge in [0.1, 0.15) is 13.2 Å². The molecule has 0 bridgehead atoms. The van der Waals surface area contributed by atoms with Gasteiger partial charge < -0.3 is 14.2 Å². The summed E-state index contributed by atoms with van der Waals surface area (Å²) in [7, 11) is 0. The van der Waals surface area contributed by atoms with Crippen molar-refractivity contribution >= 4 is 17.9 Å². The molecular formula is C69H114O6. The SMILES string of the molecule is CC/C=C\C/C=C\C/C=C\C/C=C\C/C=C\CCCCCCCCCC(=O)OCC(COC(=O)CCCCCCCCCCCCC)OC(=O)CCCCCCCCC/C=C\C/C=C\C/C=C\C/C=C\C/C=C\CC. The molecule has 6 nitrogen and oxygen atoms in total. The molecule has 1 unspecified atom stereocenters. The maximum atomic E-state index is 12.9. The molecule has 0 amide bonds. The molecule has 426 valence electrons. The lowest BCUT2D eigenvalue weighted by Crippen LogP contribution is -2.30. The second-order valence-corrected chi connectivity index (χ2v) is 20.2. The minimum Gasteiger partial charge on any atom is -0.462 e. The highest BCUT2D eigenvalue weighted by molar-refractivity contribution is 5.71. The summed E-state index contributed by atoms with van der Waals surface area (Å²) in [5, 5.41) is 0. The van der Waals surface area contributed by atoms with E-state index in [0.717, 1.165) is 135 Å². The lowest BCUT2D eigenvalue weighted by atomic mass is 10.1. The van der Waals surface area contributed by atoms with Gasteiger partial charge in [0, 0.05) is 19.3 Å². The number of carbonyl (C=O) groups excluding carboxylic acids is 3. The van der Waals surface area contributed by atoms with Crippen molar-refractivity contribution in [2.75, 3.05) is 13.2 Å². The van der Waals surface area contributed by atoms with Crippen LogP contribution in [0.4, 0.5) is 0 Å². The monoisotopic (exact) mass is 1040 g/mol. The Kier molecular flexibility index (Phi) is 58.9. The number of allylic oxidation sites excluding steroid dienone is 20. The van der Waals surface area contributed by atoms with Gasteiger partial charge in [-0.3, -0.25) is 14.4 Å². The van der Waals surface area contributed by atoms with E-state index >= 15 is 0 Å². The Labute approximate surface area is 462 Å². The van der Waals surface area contributed by atoms with Gasteiger partial charge in [-0.1, -0.05) is 271 Å². The minimum absolute atomic E-state index is 0.0867. The number of unbranched alkanes of at least 4 members (excludes halogenated alkanes) is 24. The first-order chi connectivity index (χ1) is 37.0. The lowest BCUT2D eigenvalue weighted by molar-refractivity contribution is -0.167. The van der Waals surface area contributed by atoms with Crippen molar-refractivity contribution in [3.8, 4) is 0 Å². The van der Waals surface area contributed by atoms with Crippen molar-refractivity contribution in [3.63, 3.8) is 0 Å². The van der Waals surface area contributed by atoms with Gasteiger partial charge in [0.2, 0.25) is 0 Å². The second-order valence-electron chi connectivity index (χ2n) is 20.2. The fourth-order valence-electron chi connectivity index (χ4n) is 8.38. The van der Waals surface area contributed by atoms with Gasteiger partial charge >= 0.3 is 17.9 Å². The Balaban J connectivity index is 4.37. The standard InChI is InChI=1S/C69H114O6/c1-4-7-10-13-16-19-22-24-26-28-30-32-34-36-38-40-42-44-47-50-53-56-59-62-68(71)74-65-66(64-73-67(70)61-58-55-52-49-46-21-18-15-12-9-6-3)75-69(72)63-60-57-54-51-48-45-43-41-39-37-35-33-31-29-27-25-23-20-17-14-11-8-5-2/h7-8,10-11,16-17,19-20,24-27,30-33,36-39,66H,4-6,9,12-15,18,21-23,28-29,34-35,40-65H2,1-3H3/b10-7-,11-8-,19-16-,20-17-,26-24-,27-25-,32-30-,33-31-,38-36-,39-37-. The molecular weight excluding hydrogens is 925 g/mol. The van der Waals surface area contributed by atoms with Crippen LogP contribution in [0.5, 0.6) is 0 Å². The molecule has 0 aliphatic rings. The van der Waals surface area contributed by atoms with Crippen LogP contribution in [0.15, 0.2) is 122 Å². The quantitative estimate of drug-likeness (QED) is 0.0261. The summed E-state index contributed by atoms with van der Waals surface area (Å²) in [5.41, 5.74) is 0. The maximum absolute atomic E-state index is 12.9. The molecule has 0 heterocycles. The molecule has 1 atom stereocenters. The average molecular weight is 1040 g/mol. The van der Waals surface area contributed by atoms with Crippen LogP contribution >= 0.6 is 0 Å². The maximum Gasteiger partial charge on any atom is 0.306 e. The van der Waals surface area contributed by atoms with E-state index < -0.39 is 6.10 Å². The average Bonchev–Trinajstić information content (AvgIpc) is 3.41. The summed E-state index contributed by atoms with van der Waals surface area (Å²) in [6, 6.07) is 0. The first-order valence-electron chi connectivity index (χ1n) is 31.0. The smallest absolute Gasteiger partial charge is 0.306 e. The van der Waals surface area contributed by atoms with Crippen molar-refractivity contribution < 1.29 is 28.6 Å². The number of ether oxygens (including phenoxy) is 3. The topological polar surface area (TPSA) is 78.9 Å². The highest BCUT2D eigenvalue weighted by Crippen LogP contribution is 2.15. The zero-order chi connectivity index (χ0) is 54.3. The Morgan fingerprint density at radius 1 is 0.280 bits per heavy atom. The van der Waals surface area contributed by atoms with E-state index in [4.69, 9.17) is 14.2 Å². The zero-order valence-electron chi connectivity index (χ0n) is 48.8. The van der Waals surface area contributed by atoms with Crippen LogP contribution in [0, 0.1) is 0 Å². The summed E-state index contributed by atoms with van der Waals surface area (Å²) < 4.78 is 16.9. The van der Waals surface area contributed by atoms with Crippen LogP contribution in [-0.4, -0.2) is 37.2 Å². The lowest BCUT2D eigenvalue weighted by Gasteiger charge is -2.18. The number of carbonyl (C=O) groups is 3. The van der Waals surface area contributed by atoms with Gasteiger partial charge in [0.25, 0.3) is 0 Å². The van der Waals surface area contributed by atoms with Crippen molar-refractivity contribution in [2.24, 2.45) is 0 Å². The summed E-state index contributed by atoms with van der Waals surface area (Å²) in [6.07, 6.45) is 86.2. The minimum atomic E-state index is -0.791. The Bertz CT molecular complexity index is 1570. The van der Waals surface area contributed by atoms with E-state index in [-0.39, 0.29) is 31.1 Å². The largest absolute Gasteiger partial charge is 0.462 e. The van der Waals surface area contributed by atoms with Crippen LogP contribution in [0.25, 0.3) is 0 Å². The molecule has 0 rings (SSSR count). The molecule has 0 aromatic carbocycles. The Morgan fingerprint density at radius 3 is 0.813 bits per heavy atom. The van der Waals surface area contributed by atoms with Crippen LogP contribution in [-0.2, 0) is 28.6 Å². The first-order valence-corrected chi connectivity index (χ1v) is 31.0. The van der Waals surface area contributed by atoms with Crippen LogP contribution in [0.2, 0.25) is 0 Å². The molecule has 0 fully saturated rings. The van der Waals surface area contributed by atoms with E-state index in [2.05, 4.69) is 142 Å². The van der Waals surface area contributed by atoms with Crippen LogP contribution in [0.3, 0.4) is 0 Å². The van der Waals surface area contributed by atoms with Crippen molar-refractivity contribution in [2.45, 2.75) is 284 Å². The summed E-state index contributed by atoms with van der Waals surface area (Å²) in [5.74, 6) is -0.907. The molecule has 0 radical (unpaired) electrons. The molecule has 0 saturated carbocycles. The third-order valence-electron chi connectivity index (χ3n) is 13.0. The molecule has 0 aromatic heterocycles. The first kappa shape index (κ1) is 70.8. The molecule has 0 aliphatic heterocycles. The summed E-state index contributed by atoms with van der Waals surface area (Å²) in [6.45, 7) is 6.40. The molecule has 0 spiro atoms. The van der Waals surface area contributed by atoms with Gasteiger partial charge in [-0.15, -0.1) is 0 Å². The van der Waals surface area contributed by atoms with E-state index in [0.29, 0.717) is 19.3 Å². The molecule has 0 aromatic rings. The fraction of sp³-hybridized carbons (Fsp3) is 0.667. The van der Waals surface area contributed by atoms with Gasteiger partial charge in [-0.2, -0.15) is 0 Å². The van der Waals surface area contributed by atoms with Crippen molar-refractivity contribution in [1.82, 2.24) is 0 Å². The third kappa shape index (κ3) is 60.6. The van der Waals surface area contributed by atoms with Gasteiger partial charge in [-0.25, -0.2) is 0 Å². The van der Waals surface area contributed by atoms with Gasteiger partial charge in [0.05, 0.1) is 0 Å². The second kappa shape index (κ2) is 62.4. The molecule has 0 saturated heterocycles. The predicted molar refractivity (Wildman–Crippen MR) is 325 cm³/mol. The molecule has 0 aliphatic carbocycles. The summed E-state index contributed by atoms with van der Waals surface area (Å²) in [4.78, 5) is 38.2. The predicted octanol–water partition coefficient (Wildman–Crippen LogP) is 21.2. The van der Waals surface area contributed by atoms with Crippen LogP contribution in [0.1, 0.15) is 278 Å². The molecule has 75 heavy (non-hydrogen) atoms. The normalized spacial score (nSPS) is 12.9. The van der Waals surface area contributed by atoms with Gasteiger partial charge in [0.15, 0.2) is 6.10 Å².